The summed E-state index contributed by atoms with van der Waals surface area (Å²) in [5, 5.41) is 0.511. The highest BCUT2D eigenvalue weighted by Crippen LogP contribution is 2.42. The van der Waals surface area contributed by atoms with Crippen molar-refractivity contribution in [3.63, 3.8) is 0 Å². The smallest absolute Gasteiger partial charge is 0.410 e. The van der Waals surface area contributed by atoms with Crippen molar-refractivity contribution in [1.82, 2.24) is 24.8 Å². The van der Waals surface area contributed by atoms with Crippen LogP contribution in [0.4, 0.5) is 19.4 Å². The Morgan fingerprint density at radius 3 is 2.67 bits per heavy atom. The van der Waals surface area contributed by atoms with Crippen molar-refractivity contribution < 1.29 is 23.0 Å². The molecule has 4 saturated heterocycles. The fourth-order valence-electron chi connectivity index (χ4n) is 8.69. The molecule has 2 bridgehead atoms. The third-order valence-electron chi connectivity index (χ3n) is 10.7. The summed E-state index contributed by atoms with van der Waals surface area (Å²) in [6.07, 6.45) is 7.40. The van der Waals surface area contributed by atoms with E-state index in [-0.39, 0.29) is 47.5 Å². The van der Waals surface area contributed by atoms with Crippen molar-refractivity contribution in [3.05, 3.63) is 41.3 Å². The van der Waals surface area contributed by atoms with Gasteiger partial charge in [0.15, 0.2) is 5.82 Å². The van der Waals surface area contributed by atoms with Crippen LogP contribution in [0, 0.1) is 5.82 Å². The quantitative estimate of drug-likeness (QED) is 0.346. The number of benzene rings is 1. The van der Waals surface area contributed by atoms with E-state index in [0.717, 1.165) is 62.6 Å². The van der Waals surface area contributed by atoms with Gasteiger partial charge in [-0.1, -0.05) is 18.2 Å². The molecule has 0 spiro atoms. The number of amides is 1. The molecule has 9 nitrogen and oxygen atoms in total. The number of carbonyl (C=O) groups is 1. The molecule has 11 heteroatoms. The van der Waals surface area contributed by atoms with E-state index in [1.165, 1.54) is 5.56 Å². The summed E-state index contributed by atoms with van der Waals surface area (Å²) in [5.41, 5.74) is 2.68. The van der Waals surface area contributed by atoms with Crippen molar-refractivity contribution >= 4 is 22.8 Å². The van der Waals surface area contributed by atoms with E-state index < -0.39 is 17.6 Å². The normalized spacial score (nSPS) is 27.4. The monoisotopic (exact) mass is 632 g/mol. The molecule has 46 heavy (non-hydrogen) atoms. The van der Waals surface area contributed by atoms with Crippen LogP contribution in [0.15, 0.2) is 24.4 Å². The molecular formula is C35H42F2N6O3. The Labute approximate surface area is 268 Å². The van der Waals surface area contributed by atoms with Gasteiger partial charge in [-0.25, -0.2) is 13.6 Å². The van der Waals surface area contributed by atoms with Gasteiger partial charge in [-0.15, -0.1) is 0 Å². The number of piperazine rings is 1. The summed E-state index contributed by atoms with van der Waals surface area (Å²) >= 11 is 0. The first kappa shape index (κ1) is 29.8. The summed E-state index contributed by atoms with van der Waals surface area (Å²) < 4.78 is 43.3. The zero-order valence-corrected chi connectivity index (χ0v) is 26.9. The molecule has 2 unspecified atom stereocenters. The van der Waals surface area contributed by atoms with E-state index in [2.05, 4.69) is 25.8 Å². The number of anilines is 1. The molecule has 2 aromatic heterocycles. The Morgan fingerprint density at radius 2 is 1.89 bits per heavy atom. The molecule has 1 aliphatic carbocycles. The standard InChI is InChI=1S/C35H42F2N6O3/c1-34(2,3)46-33(44)43-23-11-12-24(43)19-41(18-23)31-27-16-38-29(26-10-5-8-21-7-4-9-25(21)26)28(37)30(27)39-32(40-31)45-20-35-13-6-14-42(35)17-22(36)15-35/h5,8,10,16,22-24H,4,6-7,9,11-15,17-20H2,1-3H3/t22-,23?,24?,35+/m1/s1. The SMILES string of the molecule is CC(C)(C)OC(=O)N1C2CCC1CN(c1nc(OC[C@@]34CCCN3C[C@H](F)C4)nc3c(F)c(-c4cccc5c4CCC5)ncc13)C2. The Hall–Kier alpha value is -3.60. The molecule has 0 radical (unpaired) electrons. The molecule has 1 aromatic carbocycles. The average molecular weight is 633 g/mol. The van der Waals surface area contributed by atoms with E-state index in [0.29, 0.717) is 37.3 Å². The number of hydrogen-bond acceptors (Lipinski definition) is 8. The minimum Gasteiger partial charge on any atom is -0.461 e. The van der Waals surface area contributed by atoms with Crippen molar-refractivity contribution in [2.24, 2.45) is 0 Å². The van der Waals surface area contributed by atoms with Crippen LogP contribution in [0.1, 0.15) is 70.4 Å². The highest BCUT2D eigenvalue weighted by Gasteiger charge is 2.50. The number of pyridine rings is 1. The van der Waals surface area contributed by atoms with Crippen LogP contribution in [0.3, 0.4) is 0 Å². The van der Waals surface area contributed by atoms with Gasteiger partial charge in [-0.2, -0.15) is 9.97 Å². The number of aromatic nitrogens is 3. The molecule has 5 aliphatic rings. The molecule has 0 N–H and O–H groups in total. The lowest BCUT2D eigenvalue weighted by atomic mass is 9.95. The van der Waals surface area contributed by atoms with Gasteiger partial charge in [-0.05, 0) is 83.4 Å². The maximum absolute atomic E-state index is 16.7. The minimum atomic E-state index is -0.882. The van der Waals surface area contributed by atoms with Gasteiger partial charge in [0, 0.05) is 37.8 Å². The van der Waals surface area contributed by atoms with Gasteiger partial charge in [0.05, 0.1) is 23.0 Å². The lowest BCUT2D eigenvalue weighted by Crippen LogP contribution is -2.57. The number of ether oxygens (including phenoxy) is 2. The molecular weight excluding hydrogens is 590 g/mol. The summed E-state index contributed by atoms with van der Waals surface area (Å²) in [5.74, 6) is 0.0551. The average Bonchev–Trinajstić information content (AvgIpc) is 3.77. The topological polar surface area (TPSA) is 83.9 Å². The second-order valence-electron chi connectivity index (χ2n) is 14.9. The number of rotatable bonds is 5. The lowest BCUT2D eigenvalue weighted by molar-refractivity contribution is 0.0122. The van der Waals surface area contributed by atoms with Crippen LogP contribution >= 0.6 is 0 Å². The van der Waals surface area contributed by atoms with Gasteiger partial charge < -0.3 is 14.4 Å². The summed E-state index contributed by atoms with van der Waals surface area (Å²) in [4.78, 5) is 33.6. The summed E-state index contributed by atoms with van der Waals surface area (Å²) in [6.45, 7) is 8.20. The maximum Gasteiger partial charge on any atom is 0.410 e. The summed E-state index contributed by atoms with van der Waals surface area (Å²) in [6, 6.07) is 5.99. The van der Waals surface area contributed by atoms with Gasteiger partial charge >= 0.3 is 12.1 Å². The van der Waals surface area contributed by atoms with E-state index in [1.54, 1.807) is 6.20 Å². The third-order valence-corrected chi connectivity index (χ3v) is 10.7. The number of alkyl halides is 1. The van der Waals surface area contributed by atoms with E-state index in [1.807, 2.05) is 37.8 Å². The number of halogens is 2. The largest absolute Gasteiger partial charge is 0.461 e. The fraction of sp³-hybridized carbons (Fsp3) is 0.600. The molecule has 0 saturated carbocycles. The Morgan fingerprint density at radius 1 is 1.09 bits per heavy atom. The highest BCUT2D eigenvalue weighted by atomic mass is 19.1. The molecule has 4 aliphatic heterocycles. The molecule has 244 valence electrons. The second kappa shape index (κ2) is 11.0. The van der Waals surface area contributed by atoms with Crippen LogP contribution in [0.2, 0.25) is 0 Å². The number of aryl methyl sites for hydroxylation is 1. The van der Waals surface area contributed by atoms with Crippen LogP contribution in [-0.4, -0.2) is 93.0 Å². The fourth-order valence-corrected chi connectivity index (χ4v) is 8.69. The van der Waals surface area contributed by atoms with Crippen LogP contribution in [0.25, 0.3) is 22.2 Å². The molecule has 6 heterocycles. The Kier molecular flexibility index (Phi) is 7.12. The highest BCUT2D eigenvalue weighted by molar-refractivity contribution is 5.92. The van der Waals surface area contributed by atoms with Gasteiger partial charge in [0.1, 0.15) is 35.4 Å². The van der Waals surface area contributed by atoms with Gasteiger partial charge in [0.2, 0.25) is 0 Å². The van der Waals surface area contributed by atoms with Crippen LogP contribution < -0.4 is 9.64 Å². The molecule has 1 amide bonds. The first-order valence-electron chi connectivity index (χ1n) is 16.8. The Balaban J connectivity index is 1.17. The zero-order chi connectivity index (χ0) is 31.8. The number of carbonyl (C=O) groups excluding carboxylic acids is 1. The van der Waals surface area contributed by atoms with Gasteiger partial charge in [-0.3, -0.25) is 14.8 Å². The minimum absolute atomic E-state index is 0.0575. The van der Waals surface area contributed by atoms with E-state index in [4.69, 9.17) is 14.5 Å². The predicted molar refractivity (Wildman–Crippen MR) is 170 cm³/mol. The van der Waals surface area contributed by atoms with Crippen LogP contribution in [-0.2, 0) is 17.6 Å². The number of fused-ring (bicyclic) bond motifs is 5. The van der Waals surface area contributed by atoms with E-state index >= 15 is 4.39 Å². The molecule has 3 aromatic rings. The van der Waals surface area contributed by atoms with Crippen LogP contribution in [0.5, 0.6) is 6.01 Å². The van der Waals surface area contributed by atoms with Crippen molar-refractivity contribution in [3.8, 4) is 17.3 Å². The maximum atomic E-state index is 16.7. The second-order valence-corrected chi connectivity index (χ2v) is 14.9. The molecule has 4 atom stereocenters. The number of hydrogen-bond donors (Lipinski definition) is 0. The molecule has 4 fully saturated rings. The van der Waals surface area contributed by atoms with Gasteiger partial charge in [0.25, 0.3) is 0 Å². The van der Waals surface area contributed by atoms with Crippen molar-refractivity contribution in [1.29, 1.82) is 0 Å². The molecule has 8 rings (SSSR count). The predicted octanol–water partition coefficient (Wildman–Crippen LogP) is 5.86. The summed E-state index contributed by atoms with van der Waals surface area (Å²) in [7, 11) is 0. The van der Waals surface area contributed by atoms with Crippen molar-refractivity contribution in [2.75, 3.05) is 37.7 Å². The number of nitrogens with zero attached hydrogens (tertiary/aromatic N) is 6. The first-order chi connectivity index (χ1) is 22.1. The zero-order valence-electron chi connectivity index (χ0n) is 26.9. The third kappa shape index (κ3) is 5.05. The van der Waals surface area contributed by atoms with E-state index in [9.17, 15) is 9.18 Å². The first-order valence-corrected chi connectivity index (χ1v) is 16.8. The van der Waals surface area contributed by atoms with Crippen molar-refractivity contribution in [2.45, 2.75) is 102 Å². The Bertz CT molecular complexity index is 1680. The lowest BCUT2D eigenvalue weighted by Gasteiger charge is -2.42.